The quantitative estimate of drug-likeness (QED) is 0.492. The minimum atomic E-state index is -2.00. The standard InChI is InChI=1S/3O.3Ti. The van der Waals surface area contributed by atoms with E-state index in [1.54, 1.807) is 0 Å². The molecule has 0 aromatic carbocycles. The molecule has 6 heteroatoms. The molecule has 0 N–H and O–H groups in total. The van der Waals surface area contributed by atoms with Crippen LogP contribution in [0.2, 0.25) is 0 Å². The zero-order valence-electron chi connectivity index (χ0n) is 2.72. The molecule has 0 saturated carbocycles. The molecule has 0 aliphatic carbocycles. The Labute approximate surface area is 70.4 Å². The van der Waals surface area contributed by atoms with Crippen molar-refractivity contribution in [3.8, 4) is 0 Å². The first-order chi connectivity index (χ1) is 2.41. The van der Waals surface area contributed by atoms with E-state index >= 15 is 0 Å². The minimum Gasteiger partial charge on any atom is 0 e. The van der Waals surface area contributed by atoms with Gasteiger partial charge < -0.3 is 0 Å². The summed E-state index contributed by atoms with van der Waals surface area (Å²) in [6.45, 7) is 0. The Morgan fingerprint density at radius 1 is 1.17 bits per heavy atom. The van der Waals surface area contributed by atoms with Crippen molar-refractivity contribution in [3.05, 3.63) is 0 Å². The molecule has 0 saturated heterocycles. The van der Waals surface area contributed by atoms with E-state index in [1.807, 2.05) is 0 Å². The SMILES string of the molecule is [O]=[Ti].[O]=[Ti]=[O].[Ti]. The van der Waals surface area contributed by atoms with Gasteiger partial charge in [0.2, 0.25) is 0 Å². The van der Waals surface area contributed by atoms with Crippen molar-refractivity contribution in [2.45, 2.75) is 0 Å². The smallest absolute Gasteiger partial charge is 0 e. The van der Waals surface area contributed by atoms with Gasteiger partial charge in [0.15, 0.2) is 0 Å². The monoisotopic (exact) mass is 192 g/mol. The van der Waals surface area contributed by atoms with Crippen LogP contribution in [0.1, 0.15) is 0 Å². The summed E-state index contributed by atoms with van der Waals surface area (Å²) in [4.78, 5) is 0. The molecule has 0 heterocycles. The second-order valence-electron chi connectivity index (χ2n) is 0.0833. The third-order valence-corrected chi connectivity index (χ3v) is 0. The first kappa shape index (κ1) is 15.6. The maximum absolute atomic E-state index is 8.50. The first-order valence-corrected chi connectivity index (χ1v) is 2.52. The van der Waals surface area contributed by atoms with Crippen molar-refractivity contribution in [2.24, 2.45) is 0 Å². The van der Waals surface area contributed by atoms with E-state index in [9.17, 15) is 0 Å². The van der Waals surface area contributed by atoms with Crippen molar-refractivity contribution in [3.63, 3.8) is 0 Å². The van der Waals surface area contributed by atoms with Crippen molar-refractivity contribution >= 4 is 0 Å². The minimum absolute atomic E-state index is 0. The molecule has 0 radical (unpaired) electrons. The molecular weight excluding hydrogens is 192 g/mol. The van der Waals surface area contributed by atoms with Gasteiger partial charge in [-0.25, -0.2) is 0 Å². The second-order valence-corrected chi connectivity index (χ2v) is 0.344. The van der Waals surface area contributed by atoms with E-state index in [0.29, 0.717) is 0 Å². The molecule has 3 nitrogen and oxygen atoms in total. The summed E-state index contributed by atoms with van der Waals surface area (Å²) in [5.74, 6) is 0. The van der Waals surface area contributed by atoms with Gasteiger partial charge in [0.1, 0.15) is 0 Å². The van der Waals surface area contributed by atoms with Gasteiger partial charge in [-0.3, -0.25) is 0 Å². The van der Waals surface area contributed by atoms with Crippen LogP contribution in [0.15, 0.2) is 0 Å². The molecule has 0 aliphatic heterocycles. The van der Waals surface area contributed by atoms with Crippen molar-refractivity contribution in [1.29, 1.82) is 0 Å². The fourth-order valence-corrected chi connectivity index (χ4v) is 0. The van der Waals surface area contributed by atoms with Gasteiger partial charge in [-0.15, -0.1) is 0 Å². The van der Waals surface area contributed by atoms with Crippen LogP contribution >= 0.6 is 0 Å². The Balaban J connectivity index is -0.0000000275. The number of hydrogen-bond donors (Lipinski definition) is 0. The molecule has 0 unspecified atom stereocenters. The van der Waals surface area contributed by atoms with E-state index in [0.717, 1.165) is 20.4 Å². The molecule has 0 amide bonds. The van der Waals surface area contributed by atoms with Crippen LogP contribution in [-0.2, 0) is 71.2 Å². The Morgan fingerprint density at radius 3 is 1.17 bits per heavy atom. The van der Waals surface area contributed by atoms with Crippen molar-refractivity contribution < 1.29 is 71.2 Å². The zero-order valence-corrected chi connectivity index (χ0v) is 7.41. The van der Waals surface area contributed by atoms with Gasteiger partial charge in [0.05, 0.1) is 0 Å². The van der Waals surface area contributed by atoms with Gasteiger partial charge in [-0.05, 0) is 0 Å². The number of hydrogen-bond acceptors (Lipinski definition) is 3. The average Bonchev–Trinajstić information content (AvgIpc) is 1.46. The summed E-state index contributed by atoms with van der Waals surface area (Å²) in [5, 5.41) is 0. The van der Waals surface area contributed by atoms with Crippen LogP contribution in [0.4, 0.5) is 0 Å². The summed E-state index contributed by atoms with van der Waals surface area (Å²) < 4.78 is 25.2. The maximum atomic E-state index is 8.50. The third-order valence-electron chi connectivity index (χ3n) is 0. The van der Waals surface area contributed by atoms with Gasteiger partial charge in [-0.2, -0.15) is 0 Å². The van der Waals surface area contributed by atoms with E-state index < -0.39 is 19.1 Å². The Morgan fingerprint density at radius 2 is 1.17 bits per heavy atom. The van der Waals surface area contributed by atoms with Gasteiger partial charge in [0, 0.05) is 21.7 Å². The maximum Gasteiger partial charge on any atom is 0 e. The van der Waals surface area contributed by atoms with E-state index in [-0.39, 0.29) is 21.7 Å². The summed E-state index contributed by atoms with van der Waals surface area (Å²) in [6.07, 6.45) is 0. The molecule has 0 aromatic heterocycles. The summed E-state index contributed by atoms with van der Waals surface area (Å²) in [6, 6.07) is 0. The molecule has 0 bridgehead atoms. The fraction of sp³-hybridized carbons (Fsp3) is 0. The van der Waals surface area contributed by atoms with Crippen molar-refractivity contribution in [1.82, 2.24) is 0 Å². The van der Waals surface area contributed by atoms with Crippen LogP contribution in [0, 0.1) is 0 Å². The van der Waals surface area contributed by atoms with Gasteiger partial charge in [0.25, 0.3) is 0 Å². The Bertz CT molecular complexity index is 35.3. The topological polar surface area (TPSA) is 51.2 Å². The summed E-state index contributed by atoms with van der Waals surface area (Å²) in [5.41, 5.74) is 0. The Kier molecular flexibility index (Phi) is 81.1. The molecule has 30 valence electrons. The first-order valence-electron chi connectivity index (χ1n) is 0.612. The molecular formula is O3Ti3. The molecule has 0 spiro atoms. The number of rotatable bonds is 0. The molecule has 0 aliphatic rings. The summed E-state index contributed by atoms with van der Waals surface area (Å²) >= 11 is -1.25. The Hall–Kier alpha value is 1.54. The van der Waals surface area contributed by atoms with Crippen molar-refractivity contribution in [2.75, 3.05) is 0 Å². The normalized spacial score (nSPS) is 1.83. The average molecular weight is 192 g/mol. The van der Waals surface area contributed by atoms with E-state index in [2.05, 4.69) is 0 Å². The molecule has 0 atom stereocenters. The van der Waals surface area contributed by atoms with Crippen LogP contribution in [0.5, 0.6) is 0 Å². The van der Waals surface area contributed by atoms with E-state index in [4.69, 9.17) is 9.97 Å². The molecule has 0 aromatic rings. The van der Waals surface area contributed by atoms with Crippen LogP contribution in [0.25, 0.3) is 0 Å². The summed E-state index contributed by atoms with van der Waals surface area (Å²) in [7, 11) is 0. The largest absolute Gasteiger partial charge is 0 e. The predicted octanol–water partition coefficient (Wildman–Crippen LogP) is -0.364. The van der Waals surface area contributed by atoms with Crippen LogP contribution < -0.4 is 0 Å². The predicted molar refractivity (Wildman–Crippen MR) is 2.06 cm³/mol. The fourth-order valence-electron chi connectivity index (χ4n) is 0. The van der Waals surface area contributed by atoms with Crippen LogP contribution in [0.3, 0.4) is 0 Å². The third kappa shape index (κ3) is 48.1. The molecule has 0 fully saturated rings. The van der Waals surface area contributed by atoms with Crippen LogP contribution in [-0.4, -0.2) is 0 Å². The van der Waals surface area contributed by atoms with Gasteiger partial charge in [-0.1, -0.05) is 0 Å². The van der Waals surface area contributed by atoms with Gasteiger partial charge >= 0.3 is 49.5 Å². The molecule has 6 heavy (non-hydrogen) atoms. The van der Waals surface area contributed by atoms with E-state index in [1.165, 1.54) is 0 Å². The zero-order chi connectivity index (χ0) is 4.71. The molecule has 0 rings (SSSR count). The second kappa shape index (κ2) is 31.1.